The molecule has 0 amide bonds. The van der Waals surface area contributed by atoms with Gasteiger partial charge in [0.1, 0.15) is 11.5 Å². The van der Waals surface area contributed by atoms with Gasteiger partial charge in [0.2, 0.25) is 0 Å². The van der Waals surface area contributed by atoms with Gasteiger partial charge in [0.25, 0.3) is 0 Å². The van der Waals surface area contributed by atoms with Crippen LogP contribution in [-0.4, -0.2) is 9.78 Å². The third-order valence-electron chi connectivity index (χ3n) is 3.34. The fourth-order valence-electron chi connectivity index (χ4n) is 2.29. The summed E-state index contributed by atoms with van der Waals surface area (Å²) < 4.78 is 3.70. The number of anilines is 1. The average Bonchev–Trinajstić information content (AvgIpc) is 2.78. The van der Waals surface area contributed by atoms with Crippen molar-refractivity contribution in [3.05, 3.63) is 57.5 Å². The molecule has 0 fully saturated rings. The van der Waals surface area contributed by atoms with Crippen molar-refractivity contribution in [1.82, 2.24) is 9.78 Å². The molecule has 1 aromatic heterocycles. The molecule has 0 radical (unpaired) electrons. The van der Waals surface area contributed by atoms with E-state index >= 15 is 0 Å². The Bertz CT molecular complexity index is 795. The topological polar surface area (TPSA) is 43.8 Å². The zero-order valence-corrected chi connectivity index (χ0v) is 14.5. The number of halogens is 2. The fourth-order valence-corrected chi connectivity index (χ4v) is 3.09. The third kappa shape index (κ3) is 2.63. The predicted molar refractivity (Wildman–Crippen MR) is 93.9 cm³/mol. The maximum atomic E-state index is 6.23. The van der Waals surface area contributed by atoms with Crippen LogP contribution in [0, 0.1) is 0 Å². The van der Waals surface area contributed by atoms with E-state index in [-0.39, 0.29) is 0 Å². The van der Waals surface area contributed by atoms with E-state index in [1.807, 2.05) is 55.6 Å². The van der Waals surface area contributed by atoms with Gasteiger partial charge in [-0.25, -0.2) is 0 Å². The molecular weight excluding hydrogens is 394 g/mol. The first kappa shape index (κ1) is 14.4. The van der Waals surface area contributed by atoms with Gasteiger partial charge in [-0.1, -0.05) is 62.2 Å². The van der Waals surface area contributed by atoms with Crippen molar-refractivity contribution in [3.63, 3.8) is 0 Å². The lowest BCUT2D eigenvalue weighted by atomic mass is 10.0. The van der Waals surface area contributed by atoms with Crippen LogP contribution in [0.25, 0.3) is 22.4 Å². The van der Waals surface area contributed by atoms with Crippen LogP contribution < -0.4 is 5.73 Å². The van der Waals surface area contributed by atoms with Gasteiger partial charge in [-0.05, 0) is 23.8 Å². The van der Waals surface area contributed by atoms with Crippen LogP contribution in [0.15, 0.2) is 57.5 Å². The summed E-state index contributed by atoms with van der Waals surface area (Å²) >= 11 is 7.11. The Morgan fingerprint density at radius 2 is 1.76 bits per heavy atom. The molecule has 21 heavy (non-hydrogen) atoms. The van der Waals surface area contributed by atoms with Crippen molar-refractivity contribution in [2.24, 2.45) is 7.05 Å². The lowest BCUT2D eigenvalue weighted by molar-refractivity contribution is 0.782. The largest absolute Gasteiger partial charge is 0.383 e. The summed E-state index contributed by atoms with van der Waals surface area (Å²) in [7, 11) is 1.86. The maximum Gasteiger partial charge on any atom is 0.129 e. The number of benzene rings is 2. The molecule has 0 saturated carbocycles. The third-order valence-corrected chi connectivity index (χ3v) is 4.52. The molecule has 0 aliphatic carbocycles. The highest BCUT2D eigenvalue weighted by atomic mass is 79.9. The highest BCUT2D eigenvalue weighted by molar-refractivity contribution is 9.11. The van der Waals surface area contributed by atoms with Crippen LogP contribution in [0.3, 0.4) is 0 Å². The minimum Gasteiger partial charge on any atom is -0.383 e. The Kier molecular flexibility index (Phi) is 3.87. The number of aryl methyl sites for hydroxylation is 1. The van der Waals surface area contributed by atoms with E-state index in [2.05, 4.69) is 37.0 Å². The highest BCUT2D eigenvalue weighted by Crippen LogP contribution is 2.39. The molecule has 0 unspecified atom stereocenters. The van der Waals surface area contributed by atoms with Crippen molar-refractivity contribution in [3.8, 4) is 22.4 Å². The van der Waals surface area contributed by atoms with Crippen molar-refractivity contribution >= 4 is 37.7 Å². The monoisotopic (exact) mass is 405 g/mol. The van der Waals surface area contributed by atoms with Gasteiger partial charge in [-0.2, -0.15) is 5.10 Å². The number of aromatic nitrogens is 2. The van der Waals surface area contributed by atoms with Crippen molar-refractivity contribution < 1.29 is 0 Å². The quantitative estimate of drug-likeness (QED) is 0.660. The van der Waals surface area contributed by atoms with Crippen molar-refractivity contribution in [2.75, 3.05) is 5.73 Å². The van der Waals surface area contributed by atoms with E-state index in [1.54, 1.807) is 4.68 Å². The first-order valence-electron chi connectivity index (χ1n) is 6.41. The molecular formula is C16H13Br2N3. The molecule has 0 aliphatic heterocycles. The van der Waals surface area contributed by atoms with Gasteiger partial charge in [-0.3, -0.25) is 4.68 Å². The van der Waals surface area contributed by atoms with Gasteiger partial charge in [0.15, 0.2) is 0 Å². The smallest absolute Gasteiger partial charge is 0.129 e. The van der Waals surface area contributed by atoms with Crippen LogP contribution in [0.1, 0.15) is 0 Å². The molecule has 0 saturated heterocycles. The van der Waals surface area contributed by atoms with E-state index in [9.17, 15) is 0 Å². The summed E-state index contributed by atoms with van der Waals surface area (Å²) in [5.74, 6) is 0.656. The Balaban J connectivity index is 2.29. The van der Waals surface area contributed by atoms with Crippen LogP contribution in [-0.2, 0) is 7.05 Å². The van der Waals surface area contributed by atoms with Crippen LogP contribution in [0.2, 0.25) is 0 Å². The molecule has 106 valence electrons. The van der Waals surface area contributed by atoms with E-state index in [0.717, 1.165) is 31.3 Å². The molecule has 0 aliphatic rings. The SMILES string of the molecule is Cn1nc(-c2cc(Br)ccc2Br)c(-c2ccccc2)c1N. The zero-order valence-electron chi connectivity index (χ0n) is 11.3. The Morgan fingerprint density at radius 3 is 2.48 bits per heavy atom. The van der Waals surface area contributed by atoms with E-state index in [0.29, 0.717) is 5.82 Å². The molecule has 2 aromatic carbocycles. The number of nitrogens with two attached hydrogens (primary N) is 1. The number of hydrogen-bond acceptors (Lipinski definition) is 2. The lowest BCUT2D eigenvalue weighted by Crippen LogP contribution is -1.97. The second-order valence-corrected chi connectivity index (χ2v) is 6.49. The van der Waals surface area contributed by atoms with Crippen LogP contribution in [0.4, 0.5) is 5.82 Å². The number of hydrogen-bond donors (Lipinski definition) is 1. The average molecular weight is 407 g/mol. The van der Waals surface area contributed by atoms with Crippen LogP contribution >= 0.6 is 31.9 Å². The Labute approximate surface area is 140 Å². The number of nitrogens with zero attached hydrogens (tertiary/aromatic N) is 2. The predicted octanol–water partition coefficient (Wildman–Crippen LogP) is 4.86. The molecule has 1 heterocycles. The molecule has 5 heteroatoms. The molecule has 3 rings (SSSR count). The molecule has 0 spiro atoms. The van der Waals surface area contributed by atoms with E-state index in [1.165, 1.54) is 0 Å². The molecule has 0 atom stereocenters. The second-order valence-electron chi connectivity index (χ2n) is 4.72. The lowest BCUT2D eigenvalue weighted by Gasteiger charge is -2.06. The molecule has 0 bridgehead atoms. The van der Waals surface area contributed by atoms with Crippen molar-refractivity contribution in [1.29, 1.82) is 0 Å². The zero-order chi connectivity index (χ0) is 15.0. The summed E-state index contributed by atoms with van der Waals surface area (Å²) in [5.41, 5.74) is 10.1. The maximum absolute atomic E-state index is 6.23. The Morgan fingerprint density at radius 1 is 1.05 bits per heavy atom. The van der Waals surface area contributed by atoms with Gasteiger partial charge >= 0.3 is 0 Å². The molecule has 2 N–H and O–H groups in total. The number of nitrogen functional groups attached to an aromatic ring is 1. The van der Waals surface area contributed by atoms with Gasteiger partial charge in [0, 0.05) is 21.6 Å². The Hall–Kier alpha value is -1.59. The number of rotatable bonds is 2. The summed E-state index contributed by atoms with van der Waals surface area (Å²) in [6, 6.07) is 16.1. The summed E-state index contributed by atoms with van der Waals surface area (Å²) in [6.45, 7) is 0. The van der Waals surface area contributed by atoms with Crippen LogP contribution in [0.5, 0.6) is 0 Å². The molecule has 3 nitrogen and oxygen atoms in total. The molecule has 3 aromatic rings. The summed E-state index contributed by atoms with van der Waals surface area (Å²) in [6.07, 6.45) is 0. The van der Waals surface area contributed by atoms with Gasteiger partial charge < -0.3 is 5.73 Å². The minimum absolute atomic E-state index is 0.656. The van der Waals surface area contributed by atoms with Gasteiger partial charge in [-0.15, -0.1) is 0 Å². The standard InChI is InChI=1S/C16H13Br2N3/c1-21-16(19)14(10-5-3-2-4-6-10)15(20-21)12-9-11(17)7-8-13(12)18/h2-9H,19H2,1H3. The normalized spacial score (nSPS) is 10.8. The summed E-state index contributed by atoms with van der Waals surface area (Å²) in [4.78, 5) is 0. The van der Waals surface area contributed by atoms with E-state index in [4.69, 9.17) is 5.73 Å². The second kappa shape index (κ2) is 5.66. The highest BCUT2D eigenvalue weighted by Gasteiger charge is 2.19. The van der Waals surface area contributed by atoms with Crippen molar-refractivity contribution in [2.45, 2.75) is 0 Å². The first-order valence-corrected chi connectivity index (χ1v) is 8.00. The summed E-state index contributed by atoms with van der Waals surface area (Å²) in [5, 5.41) is 4.60. The minimum atomic E-state index is 0.656. The van der Waals surface area contributed by atoms with E-state index < -0.39 is 0 Å². The fraction of sp³-hybridized carbons (Fsp3) is 0.0625. The van der Waals surface area contributed by atoms with Gasteiger partial charge in [0.05, 0.1) is 5.56 Å². The first-order chi connectivity index (χ1) is 10.1.